The van der Waals surface area contributed by atoms with Crippen molar-refractivity contribution in [1.29, 1.82) is 0 Å². The fraction of sp³-hybridized carbons (Fsp3) is 0.0909. The van der Waals surface area contributed by atoms with Gasteiger partial charge in [0.1, 0.15) is 0 Å². The molecule has 72 valence electrons. The van der Waals surface area contributed by atoms with E-state index in [-0.39, 0.29) is 11.8 Å². The van der Waals surface area contributed by atoms with Crippen LogP contribution in [0.3, 0.4) is 0 Å². The molecule has 0 saturated carbocycles. The third kappa shape index (κ3) is 2.55. The van der Waals surface area contributed by atoms with Gasteiger partial charge in [0.2, 0.25) is 5.91 Å². The number of rotatable bonds is 2. The Kier molecular flexibility index (Phi) is 3.18. The maximum absolute atomic E-state index is 11.3. The van der Waals surface area contributed by atoms with Gasteiger partial charge in [-0.1, -0.05) is 24.8 Å². The normalized spacial score (nSPS) is 9.21. The number of imide groups is 1. The lowest BCUT2D eigenvalue weighted by atomic mass is 10.1. The van der Waals surface area contributed by atoms with Gasteiger partial charge < -0.3 is 0 Å². The van der Waals surface area contributed by atoms with E-state index >= 15 is 0 Å². The summed E-state index contributed by atoms with van der Waals surface area (Å²) >= 11 is 0. The lowest BCUT2D eigenvalue weighted by Crippen LogP contribution is -2.27. The molecular formula is C11H11NO2. The van der Waals surface area contributed by atoms with Gasteiger partial charge in [0.15, 0.2) is 0 Å². The summed E-state index contributed by atoms with van der Waals surface area (Å²) in [6.45, 7) is 4.90. The van der Waals surface area contributed by atoms with Gasteiger partial charge in [-0.2, -0.15) is 0 Å². The lowest BCUT2D eigenvalue weighted by Gasteiger charge is -2.00. The van der Waals surface area contributed by atoms with Crippen LogP contribution < -0.4 is 5.32 Å². The van der Waals surface area contributed by atoms with Crippen molar-refractivity contribution in [2.24, 2.45) is 0 Å². The number of carbonyl (C=O) groups is 2. The number of nitrogens with one attached hydrogen (secondary N) is 1. The third-order valence-electron chi connectivity index (χ3n) is 1.70. The summed E-state index contributed by atoms with van der Waals surface area (Å²) in [6, 6.07) is 6.83. The highest BCUT2D eigenvalue weighted by Gasteiger charge is 2.05. The van der Waals surface area contributed by atoms with Crippen LogP contribution in [0, 0.1) is 0 Å². The number of amides is 2. The highest BCUT2D eigenvalue weighted by atomic mass is 16.2. The van der Waals surface area contributed by atoms with E-state index in [1.54, 1.807) is 30.3 Å². The van der Waals surface area contributed by atoms with Crippen LogP contribution in [0.25, 0.3) is 6.08 Å². The van der Waals surface area contributed by atoms with Crippen LogP contribution in [0.4, 0.5) is 0 Å². The largest absolute Gasteiger partial charge is 0.293 e. The van der Waals surface area contributed by atoms with Crippen molar-refractivity contribution < 1.29 is 9.59 Å². The molecule has 0 fully saturated rings. The van der Waals surface area contributed by atoms with Crippen molar-refractivity contribution >= 4 is 17.9 Å². The average Bonchev–Trinajstić information content (AvgIpc) is 2.17. The number of carbonyl (C=O) groups excluding carboxylic acids is 2. The summed E-state index contributed by atoms with van der Waals surface area (Å²) in [7, 11) is 0. The average molecular weight is 189 g/mol. The molecule has 0 unspecified atom stereocenters. The van der Waals surface area contributed by atoms with E-state index in [0.29, 0.717) is 5.56 Å². The fourth-order valence-corrected chi connectivity index (χ4v) is 1.00. The van der Waals surface area contributed by atoms with E-state index in [4.69, 9.17) is 0 Å². The summed E-state index contributed by atoms with van der Waals surface area (Å²) in [4.78, 5) is 21.9. The van der Waals surface area contributed by atoms with Crippen molar-refractivity contribution in [3.05, 3.63) is 42.0 Å². The monoisotopic (exact) mass is 189 g/mol. The standard InChI is InChI=1S/C11H11NO2/c1-3-9-4-6-10(7-5-9)11(14)12-8(2)13/h3-7H,1H2,2H3,(H,12,13,14). The van der Waals surface area contributed by atoms with Gasteiger partial charge in [-0.15, -0.1) is 0 Å². The first-order valence-electron chi connectivity index (χ1n) is 4.18. The molecule has 1 aromatic rings. The van der Waals surface area contributed by atoms with Crippen LogP contribution >= 0.6 is 0 Å². The van der Waals surface area contributed by atoms with Crippen LogP contribution in [0.2, 0.25) is 0 Å². The highest BCUT2D eigenvalue weighted by Crippen LogP contribution is 2.04. The Morgan fingerprint density at radius 2 is 1.86 bits per heavy atom. The topological polar surface area (TPSA) is 46.2 Å². The third-order valence-corrected chi connectivity index (χ3v) is 1.70. The molecule has 3 heteroatoms. The van der Waals surface area contributed by atoms with Gasteiger partial charge in [-0.05, 0) is 17.7 Å². The second kappa shape index (κ2) is 4.37. The Labute approximate surface area is 82.4 Å². The van der Waals surface area contributed by atoms with Gasteiger partial charge >= 0.3 is 0 Å². The van der Waals surface area contributed by atoms with E-state index in [1.807, 2.05) is 0 Å². The molecule has 3 nitrogen and oxygen atoms in total. The Morgan fingerprint density at radius 1 is 1.29 bits per heavy atom. The smallest absolute Gasteiger partial charge is 0.257 e. The molecule has 0 aliphatic heterocycles. The number of benzene rings is 1. The first kappa shape index (κ1) is 10.2. The van der Waals surface area contributed by atoms with Crippen molar-refractivity contribution in [3.8, 4) is 0 Å². The van der Waals surface area contributed by atoms with Crippen LogP contribution in [-0.4, -0.2) is 11.8 Å². The molecule has 14 heavy (non-hydrogen) atoms. The number of hydrogen-bond acceptors (Lipinski definition) is 2. The predicted molar refractivity (Wildman–Crippen MR) is 54.7 cm³/mol. The second-order valence-electron chi connectivity index (χ2n) is 2.84. The fourth-order valence-electron chi connectivity index (χ4n) is 1.00. The van der Waals surface area contributed by atoms with Gasteiger partial charge in [0, 0.05) is 12.5 Å². The Morgan fingerprint density at radius 3 is 2.29 bits per heavy atom. The minimum Gasteiger partial charge on any atom is -0.293 e. The molecular weight excluding hydrogens is 178 g/mol. The second-order valence-corrected chi connectivity index (χ2v) is 2.84. The van der Waals surface area contributed by atoms with Crippen molar-refractivity contribution in [3.63, 3.8) is 0 Å². The molecule has 1 N–H and O–H groups in total. The summed E-state index contributed by atoms with van der Waals surface area (Å²) in [5.74, 6) is -0.740. The molecule has 0 aliphatic rings. The summed E-state index contributed by atoms with van der Waals surface area (Å²) in [5.41, 5.74) is 1.40. The van der Waals surface area contributed by atoms with E-state index in [0.717, 1.165) is 5.56 Å². The van der Waals surface area contributed by atoms with Gasteiger partial charge in [0.05, 0.1) is 0 Å². The quantitative estimate of drug-likeness (QED) is 0.768. The van der Waals surface area contributed by atoms with Crippen LogP contribution in [0.15, 0.2) is 30.8 Å². The lowest BCUT2D eigenvalue weighted by molar-refractivity contribution is -0.118. The van der Waals surface area contributed by atoms with Crippen LogP contribution in [0.1, 0.15) is 22.8 Å². The minimum atomic E-state index is -0.381. The van der Waals surface area contributed by atoms with Gasteiger partial charge in [0.25, 0.3) is 5.91 Å². The molecule has 0 atom stereocenters. The molecule has 2 amide bonds. The van der Waals surface area contributed by atoms with Crippen molar-refractivity contribution in [1.82, 2.24) is 5.32 Å². The highest BCUT2D eigenvalue weighted by molar-refractivity contribution is 6.04. The Balaban J connectivity index is 2.81. The molecule has 0 heterocycles. The van der Waals surface area contributed by atoms with E-state index < -0.39 is 0 Å². The maximum atomic E-state index is 11.3. The summed E-state index contributed by atoms with van der Waals surface area (Å²) in [5, 5.41) is 2.19. The minimum absolute atomic E-state index is 0.359. The van der Waals surface area contributed by atoms with Crippen molar-refractivity contribution in [2.75, 3.05) is 0 Å². The number of hydrogen-bond donors (Lipinski definition) is 1. The first-order chi connectivity index (χ1) is 6.63. The SMILES string of the molecule is C=Cc1ccc(C(=O)NC(C)=O)cc1. The molecule has 0 bridgehead atoms. The molecule has 0 saturated heterocycles. The van der Waals surface area contributed by atoms with Gasteiger partial charge in [-0.3, -0.25) is 14.9 Å². The zero-order valence-electron chi connectivity index (χ0n) is 7.91. The predicted octanol–water partition coefficient (Wildman–Crippen LogP) is 1.61. The van der Waals surface area contributed by atoms with Gasteiger partial charge in [-0.25, -0.2) is 0 Å². The molecule has 1 rings (SSSR count). The molecule has 1 aromatic carbocycles. The van der Waals surface area contributed by atoms with E-state index in [1.165, 1.54) is 6.92 Å². The molecule has 0 aromatic heterocycles. The van der Waals surface area contributed by atoms with E-state index in [9.17, 15) is 9.59 Å². The van der Waals surface area contributed by atoms with Crippen LogP contribution in [0.5, 0.6) is 0 Å². The summed E-state index contributed by atoms with van der Waals surface area (Å²) in [6.07, 6.45) is 1.69. The summed E-state index contributed by atoms with van der Waals surface area (Å²) < 4.78 is 0. The van der Waals surface area contributed by atoms with Crippen LogP contribution in [-0.2, 0) is 4.79 Å². The first-order valence-corrected chi connectivity index (χ1v) is 4.18. The Hall–Kier alpha value is -1.90. The maximum Gasteiger partial charge on any atom is 0.257 e. The molecule has 0 aliphatic carbocycles. The van der Waals surface area contributed by atoms with Crippen molar-refractivity contribution in [2.45, 2.75) is 6.92 Å². The molecule has 0 radical (unpaired) electrons. The molecule has 0 spiro atoms. The zero-order chi connectivity index (χ0) is 10.6. The zero-order valence-corrected chi connectivity index (χ0v) is 7.91. The van der Waals surface area contributed by atoms with E-state index in [2.05, 4.69) is 11.9 Å². The Bertz CT molecular complexity index is 365.